The summed E-state index contributed by atoms with van der Waals surface area (Å²) in [6.07, 6.45) is 3.27. The molecule has 7 nitrogen and oxygen atoms in total. The van der Waals surface area contributed by atoms with E-state index in [1.807, 2.05) is 41.9 Å². The van der Waals surface area contributed by atoms with Gasteiger partial charge in [-0.05, 0) is 12.1 Å². The second-order valence-corrected chi connectivity index (χ2v) is 8.46. The maximum atomic E-state index is 14.6. The van der Waals surface area contributed by atoms with Crippen LogP contribution >= 0.6 is 22.9 Å². The number of hydrogen-bond acceptors (Lipinski definition) is 7. The summed E-state index contributed by atoms with van der Waals surface area (Å²) in [5, 5.41) is 11.7. The third-order valence-corrected chi connectivity index (χ3v) is 6.36. The lowest BCUT2D eigenvalue weighted by atomic mass is 10.2. The van der Waals surface area contributed by atoms with Gasteiger partial charge in [-0.3, -0.25) is 4.68 Å². The van der Waals surface area contributed by atoms with Gasteiger partial charge in [0.1, 0.15) is 17.2 Å². The van der Waals surface area contributed by atoms with Crippen LogP contribution in [0.1, 0.15) is 11.3 Å². The molecular formula is C23H18ClFN6OS. The first-order chi connectivity index (χ1) is 16.1. The van der Waals surface area contributed by atoms with Crippen LogP contribution in [0.2, 0.25) is 5.02 Å². The molecule has 0 saturated carbocycles. The van der Waals surface area contributed by atoms with Crippen molar-refractivity contribution in [3.63, 3.8) is 0 Å². The molecule has 3 heterocycles. The maximum Gasteiger partial charge on any atom is 0.186 e. The van der Waals surface area contributed by atoms with Crippen molar-refractivity contribution in [2.45, 2.75) is 13.1 Å². The zero-order valence-corrected chi connectivity index (χ0v) is 19.1. The molecule has 3 aromatic heterocycles. The number of nitrogens with one attached hydrogen (secondary N) is 1. The van der Waals surface area contributed by atoms with Crippen LogP contribution in [0, 0.1) is 5.82 Å². The number of anilines is 1. The lowest BCUT2D eigenvalue weighted by Gasteiger charge is -2.11. The summed E-state index contributed by atoms with van der Waals surface area (Å²) < 4.78 is 21.4. The molecule has 0 saturated heterocycles. The third kappa shape index (κ3) is 4.37. The van der Waals surface area contributed by atoms with Crippen LogP contribution in [-0.2, 0) is 13.1 Å². The average molecular weight is 481 g/mol. The van der Waals surface area contributed by atoms with Crippen molar-refractivity contribution >= 4 is 39.8 Å². The van der Waals surface area contributed by atoms with Gasteiger partial charge in [-0.1, -0.05) is 41.9 Å². The summed E-state index contributed by atoms with van der Waals surface area (Å²) >= 11 is 7.79. The molecule has 0 amide bonds. The number of nitrogens with zero attached hydrogens (tertiary/aromatic N) is 5. The minimum Gasteiger partial charge on any atom is -0.494 e. The van der Waals surface area contributed by atoms with E-state index in [1.54, 1.807) is 22.1 Å². The first-order valence-electron chi connectivity index (χ1n) is 10.0. The van der Waals surface area contributed by atoms with Crippen LogP contribution < -0.4 is 10.1 Å². The molecule has 0 bridgehead atoms. The molecule has 5 rings (SSSR count). The van der Waals surface area contributed by atoms with Crippen LogP contribution in [0.4, 0.5) is 10.2 Å². The highest BCUT2D eigenvalue weighted by Gasteiger charge is 2.15. The molecule has 10 heteroatoms. The molecule has 0 atom stereocenters. The Hall–Kier alpha value is -3.56. The van der Waals surface area contributed by atoms with Gasteiger partial charge in [-0.25, -0.2) is 19.3 Å². The lowest BCUT2D eigenvalue weighted by molar-refractivity contribution is 0.384. The van der Waals surface area contributed by atoms with Crippen molar-refractivity contribution in [3.05, 3.63) is 82.5 Å². The fourth-order valence-electron chi connectivity index (χ4n) is 3.43. The molecule has 0 aliphatic rings. The number of fused-ring (bicyclic) bond motifs is 1. The van der Waals surface area contributed by atoms with Gasteiger partial charge < -0.3 is 10.1 Å². The normalized spacial score (nSPS) is 11.1. The van der Waals surface area contributed by atoms with Gasteiger partial charge in [0.25, 0.3) is 0 Å². The summed E-state index contributed by atoms with van der Waals surface area (Å²) in [7, 11) is 1.41. The number of ether oxygens (including phenoxy) is 1. The first-order valence-corrected chi connectivity index (χ1v) is 11.3. The van der Waals surface area contributed by atoms with E-state index in [1.165, 1.54) is 19.5 Å². The van der Waals surface area contributed by atoms with E-state index in [0.29, 0.717) is 28.6 Å². The van der Waals surface area contributed by atoms with Gasteiger partial charge in [0.05, 0.1) is 24.7 Å². The average Bonchev–Trinajstić information content (AvgIpc) is 3.47. The van der Waals surface area contributed by atoms with E-state index in [2.05, 4.69) is 20.4 Å². The summed E-state index contributed by atoms with van der Waals surface area (Å²) in [5.41, 5.74) is 2.81. The van der Waals surface area contributed by atoms with Crippen LogP contribution in [0.3, 0.4) is 0 Å². The molecule has 5 aromatic rings. The Kier molecular flexibility index (Phi) is 5.89. The van der Waals surface area contributed by atoms with Gasteiger partial charge in [0.15, 0.2) is 17.2 Å². The fraction of sp³-hybridized carbons (Fsp3) is 0.130. The Balaban J connectivity index is 1.37. The van der Waals surface area contributed by atoms with Gasteiger partial charge in [-0.15, -0.1) is 11.3 Å². The second-order valence-electron chi connectivity index (χ2n) is 7.19. The molecule has 0 radical (unpaired) electrons. The second kappa shape index (κ2) is 9.13. The molecule has 0 spiro atoms. The van der Waals surface area contributed by atoms with Crippen LogP contribution in [0.25, 0.3) is 21.6 Å². The minimum absolute atomic E-state index is 0.131. The van der Waals surface area contributed by atoms with E-state index < -0.39 is 5.82 Å². The SMILES string of the molecule is COc1ccc(Cl)c(CNc2ncnc3nn(Cc4csc(-c5ccccc5)n4)cc23)c1F. The van der Waals surface area contributed by atoms with Gasteiger partial charge in [-0.2, -0.15) is 5.10 Å². The molecule has 33 heavy (non-hydrogen) atoms. The highest BCUT2D eigenvalue weighted by atomic mass is 35.5. The van der Waals surface area contributed by atoms with Gasteiger partial charge in [0.2, 0.25) is 0 Å². The Morgan fingerprint density at radius 3 is 2.82 bits per heavy atom. The smallest absolute Gasteiger partial charge is 0.186 e. The standard InChI is InChI=1S/C23H18ClFN6OS/c1-32-19-8-7-18(24)16(20(19)25)9-26-21-17-11-31(30-22(17)28-13-27-21)10-15-12-33-23(29-15)14-5-3-2-4-6-14/h2-8,11-13H,9-10H2,1H3,(H,26,27,28,30). The molecule has 0 aliphatic heterocycles. The number of thiazole rings is 1. The van der Waals surface area contributed by atoms with Crippen molar-refractivity contribution in [1.29, 1.82) is 0 Å². The van der Waals surface area contributed by atoms with Crippen LogP contribution in [-0.4, -0.2) is 31.8 Å². The highest BCUT2D eigenvalue weighted by molar-refractivity contribution is 7.13. The van der Waals surface area contributed by atoms with Crippen molar-refractivity contribution in [2.24, 2.45) is 0 Å². The van der Waals surface area contributed by atoms with Crippen LogP contribution in [0.15, 0.2) is 60.4 Å². The maximum absolute atomic E-state index is 14.6. The Labute approximate surface area is 197 Å². The number of hydrogen-bond donors (Lipinski definition) is 1. The number of rotatable bonds is 7. The van der Waals surface area contributed by atoms with Crippen LogP contribution in [0.5, 0.6) is 5.75 Å². The zero-order chi connectivity index (χ0) is 22.8. The topological polar surface area (TPSA) is 77.8 Å². The van der Waals surface area contributed by atoms with Crippen molar-refractivity contribution in [1.82, 2.24) is 24.7 Å². The Bertz CT molecular complexity index is 1420. The monoisotopic (exact) mass is 480 g/mol. The largest absolute Gasteiger partial charge is 0.494 e. The number of aromatic nitrogens is 5. The van der Waals surface area contributed by atoms with Gasteiger partial charge in [0, 0.05) is 34.3 Å². The van der Waals surface area contributed by atoms with E-state index in [4.69, 9.17) is 21.3 Å². The lowest BCUT2D eigenvalue weighted by Crippen LogP contribution is -2.06. The summed E-state index contributed by atoms with van der Waals surface area (Å²) in [6, 6.07) is 13.1. The molecular weight excluding hydrogens is 463 g/mol. The first kappa shape index (κ1) is 21.3. The Morgan fingerprint density at radius 2 is 2.00 bits per heavy atom. The number of halogens is 2. The minimum atomic E-state index is -0.503. The van der Waals surface area contributed by atoms with Crippen molar-refractivity contribution < 1.29 is 9.13 Å². The molecule has 0 fully saturated rings. The summed E-state index contributed by atoms with van der Waals surface area (Å²) in [6.45, 7) is 0.626. The molecule has 1 N–H and O–H groups in total. The molecule has 0 aliphatic carbocycles. The molecule has 2 aromatic carbocycles. The zero-order valence-electron chi connectivity index (χ0n) is 17.5. The Morgan fingerprint density at radius 1 is 1.15 bits per heavy atom. The quantitative estimate of drug-likeness (QED) is 0.335. The van der Waals surface area contributed by atoms with E-state index >= 15 is 0 Å². The van der Waals surface area contributed by atoms with Gasteiger partial charge >= 0.3 is 0 Å². The van der Waals surface area contributed by atoms with Crippen molar-refractivity contribution in [3.8, 4) is 16.3 Å². The predicted molar refractivity (Wildman–Crippen MR) is 127 cm³/mol. The summed E-state index contributed by atoms with van der Waals surface area (Å²) in [5.74, 6) is 0.166. The third-order valence-electron chi connectivity index (χ3n) is 5.06. The fourth-order valence-corrected chi connectivity index (χ4v) is 4.46. The summed E-state index contributed by atoms with van der Waals surface area (Å²) in [4.78, 5) is 13.3. The number of methoxy groups -OCH3 is 1. The van der Waals surface area contributed by atoms with Crippen molar-refractivity contribution in [2.75, 3.05) is 12.4 Å². The molecule has 166 valence electrons. The van der Waals surface area contributed by atoms with E-state index in [9.17, 15) is 4.39 Å². The van der Waals surface area contributed by atoms with E-state index in [0.717, 1.165) is 21.7 Å². The van der Waals surface area contributed by atoms with E-state index in [-0.39, 0.29) is 12.3 Å². The molecule has 0 unspecified atom stereocenters. The predicted octanol–water partition coefficient (Wildman–Crippen LogP) is 5.41. The number of benzene rings is 2. The highest BCUT2D eigenvalue weighted by Crippen LogP contribution is 2.29.